The average Bonchev–Trinajstić information content (AvgIpc) is 2.97. The van der Waals surface area contributed by atoms with Gasteiger partial charge in [-0.05, 0) is 30.7 Å². The van der Waals surface area contributed by atoms with Crippen molar-refractivity contribution in [2.24, 2.45) is 0 Å². The summed E-state index contributed by atoms with van der Waals surface area (Å²) in [6.07, 6.45) is 2.71. The molecule has 1 fully saturated rings. The number of hydrogen-bond acceptors (Lipinski definition) is 6. The number of hydrogen-bond donors (Lipinski definition) is 1. The van der Waals surface area contributed by atoms with Crippen LogP contribution in [0, 0.1) is 11.3 Å². The Morgan fingerprint density at radius 3 is 2.95 bits per heavy atom. The largest absolute Gasteiger partial charge is 0.364 e. The quantitative estimate of drug-likeness (QED) is 0.935. The zero-order valence-electron chi connectivity index (χ0n) is 11.2. The molecule has 1 saturated heterocycles. The molecule has 6 nitrogen and oxygen atoms in total. The summed E-state index contributed by atoms with van der Waals surface area (Å²) in [5, 5.41) is 20.5. The topological polar surface area (TPSA) is 77.7 Å². The molecule has 0 bridgehead atoms. The Hall–Kier alpha value is -2.39. The zero-order valence-corrected chi connectivity index (χ0v) is 12.0. The minimum Gasteiger partial charge on any atom is -0.364 e. The van der Waals surface area contributed by atoms with Gasteiger partial charge in [0.25, 0.3) is 0 Å². The molecule has 1 aliphatic rings. The third-order valence-corrected chi connectivity index (χ3v) is 3.65. The Balaban J connectivity index is 1.64. The molecule has 1 aliphatic heterocycles. The standard InChI is InChI=1S/C14H13ClN6/c15-12-2-1-6-17-14(12)21-7-5-11(9-21)18-13-4-3-10(8-16)19-20-13/h1-4,6,11H,5,7,9H2,(H,18,20). The van der Waals surface area contributed by atoms with Crippen molar-refractivity contribution >= 4 is 23.2 Å². The minimum atomic E-state index is 0.255. The van der Waals surface area contributed by atoms with Gasteiger partial charge in [-0.3, -0.25) is 0 Å². The van der Waals surface area contributed by atoms with E-state index in [0.29, 0.717) is 16.5 Å². The average molecular weight is 301 g/mol. The van der Waals surface area contributed by atoms with Crippen LogP contribution in [0.15, 0.2) is 30.5 Å². The molecule has 1 unspecified atom stereocenters. The van der Waals surface area contributed by atoms with Gasteiger partial charge in [0.2, 0.25) is 0 Å². The highest BCUT2D eigenvalue weighted by atomic mass is 35.5. The lowest BCUT2D eigenvalue weighted by Gasteiger charge is -2.19. The number of pyridine rings is 1. The van der Waals surface area contributed by atoms with E-state index in [1.165, 1.54) is 0 Å². The second-order valence-electron chi connectivity index (χ2n) is 4.80. The fourth-order valence-electron chi connectivity index (χ4n) is 2.36. The zero-order chi connectivity index (χ0) is 14.7. The van der Waals surface area contributed by atoms with Crippen molar-refractivity contribution in [1.82, 2.24) is 15.2 Å². The molecule has 0 aliphatic carbocycles. The van der Waals surface area contributed by atoms with Gasteiger partial charge < -0.3 is 10.2 Å². The molecule has 0 aromatic carbocycles. The van der Waals surface area contributed by atoms with E-state index in [2.05, 4.69) is 25.4 Å². The van der Waals surface area contributed by atoms with Gasteiger partial charge in [-0.1, -0.05) is 11.6 Å². The van der Waals surface area contributed by atoms with Gasteiger partial charge in [0.15, 0.2) is 5.69 Å². The summed E-state index contributed by atoms with van der Waals surface area (Å²) in [6.45, 7) is 1.69. The molecule has 3 rings (SSSR count). The maximum Gasteiger partial charge on any atom is 0.163 e. The van der Waals surface area contributed by atoms with Crippen LogP contribution in [0.5, 0.6) is 0 Å². The first-order valence-electron chi connectivity index (χ1n) is 6.62. The van der Waals surface area contributed by atoms with Crippen LogP contribution in [-0.2, 0) is 0 Å². The second kappa shape index (κ2) is 5.94. The highest BCUT2D eigenvalue weighted by molar-refractivity contribution is 6.32. The van der Waals surface area contributed by atoms with Crippen molar-refractivity contribution in [2.75, 3.05) is 23.3 Å². The van der Waals surface area contributed by atoms with E-state index in [9.17, 15) is 0 Å². The third kappa shape index (κ3) is 3.03. The molecule has 2 aromatic heterocycles. The summed E-state index contributed by atoms with van der Waals surface area (Å²) < 4.78 is 0. The normalized spacial score (nSPS) is 17.5. The Morgan fingerprint density at radius 2 is 2.24 bits per heavy atom. The van der Waals surface area contributed by atoms with E-state index >= 15 is 0 Å². The summed E-state index contributed by atoms with van der Waals surface area (Å²) in [6, 6.07) is 9.29. The van der Waals surface area contributed by atoms with Crippen LogP contribution in [0.1, 0.15) is 12.1 Å². The van der Waals surface area contributed by atoms with Gasteiger partial charge in [0.1, 0.15) is 17.7 Å². The lowest BCUT2D eigenvalue weighted by atomic mass is 10.2. The van der Waals surface area contributed by atoms with Crippen molar-refractivity contribution < 1.29 is 0 Å². The lowest BCUT2D eigenvalue weighted by molar-refractivity contribution is 0.792. The van der Waals surface area contributed by atoms with E-state index < -0.39 is 0 Å². The molecule has 21 heavy (non-hydrogen) atoms. The number of nitrogens with zero attached hydrogens (tertiary/aromatic N) is 5. The lowest BCUT2D eigenvalue weighted by Crippen LogP contribution is -2.27. The SMILES string of the molecule is N#Cc1ccc(NC2CCN(c3ncccc3Cl)C2)nn1. The maximum absolute atomic E-state index is 8.70. The molecule has 1 atom stereocenters. The fraction of sp³-hybridized carbons (Fsp3) is 0.286. The van der Waals surface area contributed by atoms with Crippen LogP contribution in [-0.4, -0.2) is 34.3 Å². The van der Waals surface area contributed by atoms with Gasteiger partial charge in [-0.2, -0.15) is 5.26 Å². The third-order valence-electron chi connectivity index (χ3n) is 3.36. The molecule has 0 amide bonds. The predicted molar refractivity (Wildman–Crippen MR) is 80.2 cm³/mol. The molecular formula is C14H13ClN6. The van der Waals surface area contributed by atoms with Crippen molar-refractivity contribution in [1.29, 1.82) is 5.26 Å². The summed E-state index contributed by atoms with van der Waals surface area (Å²) >= 11 is 6.17. The van der Waals surface area contributed by atoms with E-state index in [1.807, 2.05) is 18.2 Å². The van der Waals surface area contributed by atoms with Gasteiger partial charge >= 0.3 is 0 Å². The molecule has 0 spiro atoms. The molecule has 3 heterocycles. The van der Waals surface area contributed by atoms with Crippen molar-refractivity contribution in [2.45, 2.75) is 12.5 Å². The smallest absolute Gasteiger partial charge is 0.163 e. The summed E-state index contributed by atoms with van der Waals surface area (Å²) in [5.41, 5.74) is 0.314. The summed E-state index contributed by atoms with van der Waals surface area (Å²) in [7, 11) is 0. The number of anilines is 2. The Morgan fingerprint density at radius 1 is 1.33 bits per heavy atom. The number of halogens is 1. The van der Waals surface area contributed by atoms with Crippen LogP contribution >= 0.6 is 11.6 Å². The number of nitriles is 1. The Kier molecular flexibility index (Phi) is 3.84. The van der Waals surface area contributed by atoms with Crippen LogP contribution < -0.4 is 10.2 Å². The second-order valence-corrected chi connectivity index (χ2v) is 5.21. The fourth-order valence-corrected chi connectivity index (χ4v) is 2.60. The van der Waals surface area contributed by atoms with Crippen LogP contribution in [0.25, 0.3) is 0 Å². The van der Waals surface area contributed by atoms with Crippen molar-refractivity contribution in [3.05, 3.63) is 41.2 Å². The number of rotatable bonds is 3. The molecule has 0 radical (unpaired) electrons. The van der Waals surface area contributed by atoms with Gasteiger partial charge in [0, 0.05) is 25.3 Å². The first kappa shape index (κ1) is 13.6. The van der Waals surface area contributed by atoms with Crippen LogP contribution in [0.4, 0.5) is 11.6 Å². The van der Waals surface area contributed by atoms with Gasteiger partial charge in [0.05, 0.1) is 5.02 Å². The Labute approximate surface area is 127 Å². The van der Waals surface area contributed by atoms with E-state index in [-0.39, 0.29) is 6.04 Å². The predicted octanol–water partition coefficient (Wildman–Crippen LogP) is 2.09. The Bertz CT molecular complexity index is 666. The summed E-state index contributed by atoms with van der Waals surface area (Å²) in [4.78, 5) is 6.48. The molecule has 1 N–H and O–H groups in total. The number of nitrogens with one attached hydrogen (secondary N) is 1. The van der Waals surface area contributed by atoms with E-state index in [0.717, 1.165) is 25.3 Å². The molecule has 7 heteroatoms. The van der Waals surface area contributed by atoms with Crippen LogP contribution in [0.2, 0.25) is 5.02 Å². The number of aromatic nitrogens is 3. The minimum absolute atomic E-state index is 0.255. The molecular weight excluding hydrogens is 288 g/mol. The van der Waals surface area contributed by atoms with E-state index in [4.69, 9.17) is 16.9 Å². The first-order valence-corrected chi connectivity index (χ1v) is 7.00. The monoisotopic (exact) mass is 300 g/mol. The molecule has 106 valence electrons. The molecule has 2 aromatic rings. The van der Waals surface area contributed by atoms with Gasteiger partial charge in [-0.15, -0.1) is 10.2 Å². The van der Waals surface area contributed by atoms with Crippen molar-refractivity contribution in [3.63, 3.8) is 0 Å². The van der Waals surface area contributed by atoms with Gasteiger partial charge in [-0.25, -0.2) is 4.98 Å². The molecule has 0 saturated carbocycles. The maximum atomic E-state index is 8.70. The van der Waals surface area contributed by atoms with Crippen LogP contribution in [0.3, 0.4) is 0 Å². The van der Waals surface area contributed by atoms with Crippen molar-refractivity contribution in [3.8, 4) is 6.07 Å². The highest BCUT2D eigenvalue weighted by Crippen LogP contribution is 2.26. The summed E-state index contributed by atoms with van der Waals surface area (Å²) in [5.74, 6) is 1.49. The highest BCUT2D eigenvalue weighted by Gasteiger charge is 2.25. The first-order chi connectivity index (χ1) is 10.3. The van der Waals surface area contributed by atoms with E-state index in [1.54, 1.807) is 18.3 Å².